The van der Waals surface area contributed by atoms with Crippen molar-refractivity contribution < 1.29 is 4.74 Å². The fourth-order valence-corrected chi connectivity index (χ4v) is 2.67. The lowest BCUT2D eigenvalue weighted by atomic mass is 10.1. The maximum Gasteiger partial charge on any atom is 0.0716 e. The molecule has 0 N–H and O–H groups in total. The highest BCUT2D eigenvalue weighted by molar-refractivity contribution is 6.20. The van der Waals surface area contributed by atoms with Crippen LogP contribution in [0, 0.1) is 5.92 Å². The van der Waals surface area contributed by atoms with E-state index in [2.05, 4.69) is 12.1 Å². The van der Waals surface area contributed by atoms with Crippen LogP contribution in [0.3, 0.4) is 0 Å². The largest absolute Gasteiger partial charge is 0.377 e. The summed E-state index contributed by atoms with van der Waals surface area (Å²) in [5.41, 5.74) is 1.25. The molecule has 1 nitrogen and oxygen atoms in total. The van der Waals surface area contributed by atoms with E-state index < -0.39 is 0 Å². The average molecular weight is 239 g/mol. The first kappa shape index (κ1) is 11.9. The van der Waals surface area contributed by atoms with Gasteiger partial charge in [0.25, 0.3) is 0 Å². The molecule has 0 aromatic heterocycles. The molecule has 1 aromatic rings. The van der Waals surface area contributed by atoms with Crippen LogP contribution in [0.2, 0.25) is 0 Å². The maximum absolute atomic E-state index is 6.07. The van der Waals surface area contributed by atoms with Crippen molar-refractivity contribution in [2.75, 3.05) is 6.61 Å². The highest BCUT2D eigenvalue weighted by Crippen LogP contribution is 2.31. The van der Waals surface area contributed by atoms with Crippen molar-refractivity contribution in [3.8, 4) is 0 Å². The summed E-state index contributed by atoms with van der Waals surface area (Å²) in [6.07, 6.45) is 4.81. The summed E-state index contributed by atoms with van der Waals surface area (Å²) in [6, 6.07) is 10.3. The second-order valence-electron chi connectivity index (χ2n) is 4.60. The van der Waals surface area contributed by atoms with Gasteiger partial charge in [-0.2, -0.15) is 0 Å². The van der Waals surface area contributed by atoms with Crippen LogP contribution in [-0.4, -0.2) is 12.0 Å². The first-order chi connectivity index (χ1) is 7.84. The molecule has 2 unspecified atom stereocenters. The van der Waals surface area contributed by atoms with Crippen LogP contribution < -0.4 is 0 Å². The van der Waals surface area contributed by atoms with Crippen LogP contribution in [0.15, 0.2) is 30.3 Å². The summed E-state index contributed by atoms with van der Waals surface area (Å²) < 4.78 is 5.67. The number of hydrogen-bond acceptors (Lipinski definition) is 1. The molecular formula is C14H19ClO. The Morgan fingerprint density at radius 1 is 1.19 bits per heavy atom. The Bertz CT molecular complexity index is 299. The fraction of sp³-hybridized carbons (Fsp3) is 0.571. The lowest BCUT2D eigenvalue weighted by molar-refractivity contribution is 0.108. The summed E-state index contributed by atoms with van der Waals surface area (Å²) in [7, 11) is 0. The van der Waals surface area contributed by atoms with E-state index in [0.29, 0.717) is 5.38 Å². The zero-order valence-corrected chi connectivity index (χ0v) is 10.3. The molecule has 1 fully saturated rings. The van der Waals surface area contributed by atoms with E-state index in [1.807, 2.05) is 18.2 Å². The van der Waals surface area contributed by atoms with Crippen molar-refractivity contribution >= 4 is 11.6 Å². The second kappa shape index (κ2) is 6.27. The lowest BCUT2D eigenvalue weighted by Crippen LogP contribution is -2.02. The van der Waals surface area contributed by atoms with Crippen LogP contribution in [0.5, 0.6) is 0 Å². The number of halogens is 1. The average Bonchev–Trinajstić information content (AvgIpc) is 2.72. The van der Waals surface area contributed by atoms with Crippen molar-refractivity contribution in [2.45, 2.75) is 37.7 Å². The molecule has 1 aliphatic carbocycles. The molecular weight excluding hydrogens is 220 g/mol. The number of rotatable bonds is 5. The molecule has 2 heteroatoms. The molecule has 0 aliphatic heterocycles. The SMILES string of the molecule is ClC1CCC(CCOCc2ccccc2)C1. The number of ether oxygens (including phenoxy) is 1. The number of hydrogen-bond donors (Lipinski definition) is 0. The highest BCUT2D eigenvalue weighted by atomic mass is 35.5. The molecule has 88 valence electrons. The zero-order valence-electron chi connectivity index (χ0n) is 9.57. The van der Waals surface area contributed by atoms with Gasteiger partial charge in [-0.15, -0.1) is 11.6 Å². The quantitative estimate of drug-likeness (QED) is 0.557. The Hall–Kier alpha value is -0.530. The molecule has 0 saturated heterocycles. The van der Waals surface area contributed by atoms with Crippen LogP contribution in [0.4, 0.5) is 0 Å². The Labute approximate surface area is 103 Å². The molecule has 16 heavy (non-hydrogen) atoms. The maximum atomic E-state index is 6.07. The van der Waals surface area contributed by atoms with Gasteiger partial charge in [-0.25, -0.2) is 0 Å². The van der Waals surface area contributed by atoms with E-state index in [1.165, 1.54) is 24.8 Å². The monoisotopic (exact) mass is 238 g/mol. The van der Waals surface area contributed by atoms with E-state index in [0.717, 1.165) is 25.6 Å². The summed E-state index contributed by atoms with van der Waals surface area (Å²) in [4.78, 5) is 0. The Morgan fingerprint density at radius 2 is 2.00 bits per heavy atom. The zero-order chi connectivity index (χ0) is 11.2. The molecule has 1 saturated carbocycles. The molecule has 0 radical (unpaired) electrons. The summed E-state index contributed by atoms with van der Waals surface area (Å²) in [5, 5.41) is 0.416. The van der Waals surface area contributed by atoms with Crippen molar-refractivity contribution in [3.63, 3.8) is 0 Å². The molecule has 1 aliphatic rings. The Balaban J connectivity index is 1.59. The predicted octanol–water partition coefficient (Wildman–Crippen LogP) is 4.00. The summed E-state index contributed by atoms with van der Waals surface area (Å²) >= 11 is 6.07. The first-order valence-electron chi connectivity index (χ1n) is 6.10. The number of benzene rings is 1. The topological polar surface area (TPSA) is 9.23 Å². The number of alkyl halides is 1. The van der Waals surface area contributed by atoms with Gasteiger partial charge >= 0.3 is 0 Å². The van der Waals surface area contributed by atoms with Gasteiger partial charge in [-0.3, -0.25) is 0 Å². The summed E-state index contributed by atoms with van der Waals surface area (Å²) in [6.45, 7) is 1.60. The van der Waals surface area contributed by atoms with Crippen LogP contribution in [0.25, 0.3) is 0 Å². The van der Waals surface area contributed by atoms with Gasteiger partial charge in [0, 0.05) is 12.0 Å². The highest BCUT2D eigenvalue weighted by Gasteiger charge is 2.22. The first-order valence-corrected chi connectivity index (χ1v) is 6.54. The predicted molar refractivity (Wildman–Crippen MR) is 67.7 cm³/mol. The molecule has 1 aromatic carbocycles. The standard InChI is InChI=1S/C14H19ClO/c15-14-7-6-12(10-14)8-9-16-11-13-4-2-1-3-5-13/h1-5,12,14H,6-11H2. The van der Waals surface area contributed by atoms with E-state index in [4.69, 9.17) is 16.3 Å². The molecule has 0 heterocycles. The van der Waals surface area contributed by atoms with Gasteiger partial charge in [-0.05, 0) is 37.2 Å². The summed E-state index contributed by atoms with van der Waals surface area (Å²) in [5.74, 6) is 0.790. The van der Waals surface area contributed by atoms with Gasteiger partial charge < -0.3 is 4.74 Å². The van der Waals surface area contributed by atoms with Gasteiger partial charge in [0.05, 0.1) is 6.61 Å². The third kappa shape index (κ3) is 3.80. The van der Waals surface area contributed by atoms with E-state index >= 15 is 0 Å². The molecule has 2 rings (SSSR count). The minimum absolute atomic E-state index is 0.416. The van der Waals surface area contributed by atoms with E-state index in [9.17, 15) is 0 Å². The van der Waals surface area contributed by atoms with Gasteiger partial charge in [0.15, 0.2) is 0 Å². The Kier molecular flexibility index (Phi) is 4.68. The molecule has 0 amide bonds. The van der Waals surface area contributed by atoms with Gasteiger partial charge in [0.2, 0.25) is 0 Å². The van der Waals surface area contributed by atoms with E-state index in [1.54, 1.807) is 0 Å². The fourth-order valence-electron chi connectivity index (χ4n) is 2.29. The van der Waals surface area contributed by atoms with Crippen molar-refractivity contribution in [1.29, 1.82) is 0 Å². The third-order valence-electron chi connectivity index (χ3n) is 3.26. The van der Waals surface area contributed by atoms with Gasteiger partial charge in [0.1, 0.15) is 0 Å². The smallest absolute Gasteiger partial charge is 0.0716 e. The second-order valence-corrected chi connectivity index (χ2v) is 5.22. The molecule has 2 atom stereocenters. The molecule has 0 bridgehead atoms. The Morgan fingerprint density at radius 3 is 2.69 bits per heavy atom. The van der Waals surface area contributed by atoms with Gasteiger partial charge in [-0.1, -0.05) is 30.3 Å². The van der Waals surface area contributed by atoms with E-state index in [-0.39, 0.29) is 0 Å². The van der Waals surface area contributed by atoms with Crippen molar-refractivity contribution in [1.82, 2.24) is 0 Å². The van der Waals surface area contributed by atoms with Crippen LogP contribution >= 0.6 is 11.6 Å². The minimum Gasteiger partial charge on any atom is -0.377 e. The minimum atomic E-state index is 0.416. The molecule has 0 spiro atoms. The van der Waals surface area contributed by atoms with Crippen LogP contribution in [-0.2, 0) is 11.3 Å². The lowest BCUT2D eigenvalue weighted by Gasteiger charge is -2.09. The normalized spacial score (nSPS) is 24.8. The third-order valence-corrected chi connectivity index (χ3v) is 3.66. The van der Waals surface area contributed by atoms with Crippen LogP contribution in [0.1, 0.15) is 31.2 Å². The van der Waals surface area contributed by atoms with Crippen molar-refractivity contribution in [3.05, 3.63) is 35.9 Å². The van der Waals surface area contributed by atoms with Crippen molar-refractivity contribution in [2.24, 2.45) is 5.92 Å².